The number of ether oxygens (including phenoxy) is 1. The second kappa shape index (κ2) is 8.58. The minimum Gasteiger partial charge on any atom is -0.434 e. The van der Waals surface area contributed by atoms with Crippen molar-refractivity contribution in [2.24, 2.45) is 5.73 Å². The van der Waals surface area contributed by atoms with Crippen LogP contribution in [0.4, 0.5) is 19.0 Å². The zero-order valence-corrected chi connectivity index (χ0v) is 18.2. The SMILES string of the molecule is NC(=O)c1c(-c2ccc3c(OC(F)F)cc(-c4ccccc4)nc3c2F)nn(C2CC(O)C2)c1N. The largest absolute Gasteiger partial charge is 0.434 e. The number of alkyl halides is 2. The maximum atomic E-state index is 15.9. The summed E-state index contributed by atoms with van der Waals surface area (Å²) in [7, 11) is 0. The summed E-state index contributed by atoms with van der Waals surface area (Å²) >= 11 is 0. The normalized spacial score (nSPS) is 17.5. The van der Waals surface area contributed by atoms with Gasteiger partial charge in [-0.25, -0.2) is 14.1 Å². The number of aromatic nitrogens is 3. The third-order valence-electron chi connectivity index (χ3n) is 6.05. The summed E-state index contributed by atoms with van der Waals surface area (Å²) in [6.07, 6.45) is 0.232. The molecule has 0 bridgehead atoms. The molecule has 180 valence electrons. The molecule has 0 saturated heterocycles. The standard InChI is InChI=1S/C24H20F3N5O3/c25-19-15(20-18(23(29)34)22(28)32(31-20)12-8-13(33)9-12)7-6-14-17(35-24(26)27)10-16(30-21(14)19)11-4-2-1-3-5-11/h1-7,10,12-13,24,33H,8-9,28H2,(H2,29,34). The zero-order valence-electron chi connectivity index (χ0n) is 18.2. The maximum absolute atomic E-state index is 15.9. The lowest BCUT2D eigenvalue weighted by atomic mass is 9.90. The van der Waals surface area contributed by atoms with Gasteiger partial charge in [-0.3, -0.25) is 4.79 Å². The van der Waals surface area contributed by atoms with Crippen LogP contribution < -0.4 is 16.2 Å². The summed E-state index contributed by atoms with van der Waals surface area (Å²) in [6, 6.07) is 12.3. The molecular formula is C24H20F3N5O3. The molecular weight excluding hydrogens is 463 g/mol. The first kappa shape index (κ1) is 22.7. The molecule has 0 aliphatic heterocycles. The first-order valence-electron chi connectivity index (χ1n) is 10.7. The molecule has 5 rings (SSSR count). The number of aliphatic hydroxyl groups excluding tert-OH is 1. The minimum atomic E-state index is -3.14. The van der Waals surface area contributed by atoms with E-state index in [1.807, 2.05) is 0 Å². The Kier molecular flexibility index (Phi) is 5.56. The first-order valence-corrected chi connectivity index (χ1v) is 10.7. The summed E-state index contributed by atoms with van der Waals surface area (Å²) in [5, 5.41) is 14.0. The molecule has 5 N–H and O–H groups in total. The fraction of sp³-hybridized carbons (Fsp3) is 0.208. The molecule has 2 aromatic heterocycles. The van der Waals surface area contributed by atoms with Gasteiger partial charge in [-0.15, -0.1) is 0 Å². The molecule has 0 radical (unpaired) electrons. The second-order valence-electron chi connectivity index (χ2n) is 8.27. The Morgan fingerprint density at radius 3 is 2.51 bits per heavy atom. The molecule has 0 atom stereocenters. The summed E-state index contributed by atoms with van der Waals surface area (Å²) in [5.74, 6) is -2.11. The number of hydrogen-bond acceptors (Lipinski definition) is 6. The lowest BCUT2D eigenvalue weighted by Gasteiger charge is -2.32. The van der Waals surface area contributed by atoms with Gasteiger partial charge in [0.1, 0.15) is 28.3 Å². The van der Waals surface area contributed by atoms with Crippen molar-refractivity contribution in [3.8, 4) is 28.3 Å². The number of carbonyl (C=O) groups is 1. The van der Waals surface area contributed by atoms with Crippen LogP contribution >= 0.6 is 0 Å². The van der Waals surface area contributed by atoms with Gasteiger partial charge in [0.15, 0.2) is 5.82 Å². The number of amides is 1. The predicted octanol–water partition coefficient (Wildman–Crippen LogP) is 3.88. The van der Waals surface area contributed by atoms with Gasteiger partial charge in [0.2, 0.25) is 0 Å². The Bertz CT molecular complexity index is 1440. The highest BCUT2D eigenvalue weighted by Gasteiger charge is 2.34. The molecule has 1 saturated carbocycles. The third-order valence-corrected chi connectivity index (χ3v) is 6.05. The molecule has 2 heterocycles. The molecule has 1 aliphatic rings. The van der Waals surface area contributed by atoms with E-state index in [-0.39, 0.29) is 51.0 Å². The summed E-state index contributed by atoms with van der Waals surface area (Å²) in [4.78, 5) is 16.6. The van der Waals surface area contributed by atoms with Gasteiger partial charge in [0.25, 0.3) is 5.91 Å². The van der Waals surface area contributed by atoms with E-state index in [4.69, 9.17) is 11.5 Å². The Balaban J connectivity index is 1.72. The van der Waals surface area contributed by atoms with Gasteiger partial charge >= 0.3 is 6.61 Å². The fourth-order valence-electron chi connectivity index (χ4n) is 4.28. The number of nitrogens with zero attached hydrogens (tertiary/aromatic N) is 3. The molecule has 4 aromatic rings. The molecule has 1 aliphatic carbocycles. The number of primary amides is 1. The van der Waals surface area contributed by atoms with Crippen molar-refractivity contribution in [1.82, 2.24) is 14.8 Å². The highest BCUT2D eigenvalue weighted by Crippen LogP contribution is 2.40. The van der Waals surface area contributed by atoms with Crippen LogP contribution in [0.3, 0.4) is 0 Å². The molecule has 8 nitrogen and oxygen atoms in total. The molecule has 0 unspecified atom stereocenters. The molecule has 35 heavy (non-hydrogen) atoms. The van der Waals surface area contributed by atoms with Crippen molar-refractivity contribution in [2.75, 3.05) is 5.73 Å². The highest BCUT2D eigenvalue weighted by molar-refractivity contribution is 6.04. The van der Waals surface area contributed by atoms with Crippen LogP contribution in [-0.4, -0.2) is 38.5 Å². The number of rotatable bonds is 6. The van der Waals surface area contributed by atoms with Crippen LogP contribution in [0.2, 0.25) is 0 Å². The fourth-order valence-corrected chi connectivity index (χ4v) is 4.28. The van der Waals surface area contributed by atoms with E-state index in [0.717, 1.165) is 0 Å². The molecule has 1 amide bonds. The highest BCUT2D eigenvalue weighted by atomic mass is 19.3. The van der Waals surface area contributed by atoms with Gasteiger partial charge < -0.3 is 21.3 Å². The molecule has 11 heteroatoms. The number of aliphatic hydroxyl groups is 1. The Morgan fingerprint density at radius 1 is 1.17 bits per heavy atom. The van der Waals surface area contributed by atoms with Gasteiger partial charge in [-0.1, -0.05) is 30.3 Å². The van der Waals surface area contributed by atoms with E-state index >= 15 is 4.39 Å². The van der Waals surface area contributed by atoms with E-state index in [2.05, 4.69) is 14.8 Å². The number of pyridine rings is 1. The quantitative estimate of drug-likeness (QED) is 0.382. The smallest absolute Gasteiger partial charge is 0.387 e. The number of benzene rings is 2. The summed E-state index contributed by atoms with van der Waals surface area (Å²) in [5.41, 5.74) is 11.8. The van der Waals surface area contributed by atoms with Crippen LogP contribution in [-0.2, 0) is 0 Å². The number of halogens is 3. The monoisotopic (exact) mass is 483 g/mol. The third kappa shape index (κ3) is 3.93. The van der Waals surface area contributed by atoms with Gasteiger partial charge in [0, 0.05) is 22.6 Å². The number of nitrogens with two attached hydrogens (primary N) is 2. The van der Waals surface area contributed by atoms with Crippen LogP contribution in [0.25, 0.3) is 33.4 Å². The van der Waals surface area contributed by atoms with Crippen LogP contribution in [0, 0.1) is 5.82 Å². The van der Waals surface area contributed by atoms with Crippen LogP contribution in [0.1, 0.15) is 29.2 Å². The Labute approximate surface area is 196 Å². The van der Waals surface area contributed by atoms with E-state index in [9.17, 15) is 18.7 Å². The number of fused-ring (bicyclic) bond motifs is 1. The number of hydrogen-bond donors (Lipinski definition) is 3. The Morgan fingerprint density at radius 2 is 1.89 bits per heavy atom. The van der Waals surface area contributed by atoms with Gasteiger partial charge in [-0.2, -0.15) is 13.9 Å². The topological polar surface area (TPSA) is 129 Å². The number of carbonyl (C=O) groups excluding carboxylic acids is 1. The Hall–Kier alpha value is -4.12. The van der Waals surface area contributed by atoms with Gasteiger partial charge in [0.05, 0.1) is 17.8 Å². The first-order chi connectivity index (χ1) is 16.7. The van der Waals surface area contributed by atoms with Crippen molar-refractivity contribution in [2.45, 2.75) is 31.6 Å². The molecule has 1 fully saturated rings. The van der Waals surface area contributed by atoms with Crippen molar-refractivity contribution in [3.63, 3.8) is 0 Å². The summed E-state index contributed by atoms with van der Waals surface area (Å²) in [6.45, 7) is -3.14. The average Bonchev–Trinajstić information content (AvgIpc) is 3.14. The predicted molar refractivity (Wildman–Crippen MR) is 122 cm³/mol. The second-order valence-corrected chi connectivity index (χ2v) is 8.27. The zero-order chi connectivity index (χ0) is 24.9. The van der Waals surface area contributed by atoms with Crippen molar-refractivity contribution >= 4 is 22.6 Å². The van der Waals surface area contributed by atoms with Crippen molar-refractivity contribution in [3.05, 3.63) is 59.9 Å². The van der Waals surface area contributed by atoms with E-state index in [0.29, 0.717) is 18.4 Å². The van der Waals surface area contributed by atoms with Crippen LogP contribution in [0.5, 0.6) is 5.75 Å². The average molecular weight is 483 g/mol. The molecule has 0 spiro atoms. The van der Waals surface area contributed by atoms with E-state index < -0.39 is 24.4 Å². The number of anilines is 1. The van der Waals surface area contributed by atoms with Crippen molar-refractivity contribution in [1.29, 1.82) is 0 Å². The number of nitrogen functional groups attached to an aromatic ring is 1. The lowest BCUT2D eigenvalue weighted by molar-refractivity contribution is -0.0488. The minimum absolute atomic E-state index is 0.0152. The van der Waals surface area contributed by atoms with E-state index in [1.54, 1.807) is 30.3 Å². The molecule has 2 aromatic carbocycles. The van der Waals surface area contributed by atoms with E-state index in [1.165, 1.54) is 22.9 Å². The maximum Gasteiger partial charge on any atom is 0.387 e. The van der Waals surface area contributed by atoms with Crippen LogP contribution in [0.15, 0.2) is 48.5 Å². The van der Waals surface area contributed by atoms with Crippen molar-refractivity contribution < 1.29 is 27.8 Å². The van der Waals surface area contributed by atoms with Gasteiger partial charge in [-0.05, 0) is 25.0 Å². The summed E-state index contributed by atoms with van der Waals surface area (Å²) < 4.78 is 48.2. The lowest BCUT2D eigenvalue weighted by Crippen LogP contribution is -2.32.